The third-order valence-electron chi connectivity index (χ3n) is 9.08. The van der Waals surface area contributed by atoms with Crippen molar-refractivity contribution in [1.29, 1.82) is 0 Å². The molecule has 4 aliphatic carbocycles. The highest BCUT2D eigenvalue weighted by molar-refractivity contribution is 5.83. The maximum absolute atomic E-state index is 12.8. The Bertz CT molecular complexity index is 1270. The first kappa shape index (κ1) is 35.3. The molecule has 0 aromatic rings. The van der Waals surface area contributed by atoms with Crippen molar-refractivity contribution in [3.63, 3.8) is 0 Å². The van der Waals surface area contributed by atoms with Crippen LogP contribution in [0.25, 0.3) is 14.5 Å². The molecule has 4 rings (SSSR count). The van der Waals surface area contributed by atoms with Crippen molar-refractivity contribution in [2.75, 3.05) is 13.2 Å². The Morgan fingerprint density at radius 1 is 0.814 bits per heavy atom. The molecule has 0 N–H and O–H groups in total. The highest BCUT2D eigenvalue weighted by atomic mass is 16.5. The van der Waals surface area contributed by atoms with Crippen LogP contribution in [0.1, 0.15) is 98.3 Å². The molecular formula is C36H47N3O4. The average Bonchev–Trinajstić information content (AvgIpc) is 3.31. The predicted octanol–water partition coefficient (Wildman–Crippen LogP) is 8.79. The summed E-state index contributed by atoms with van der Waals surface area (Å²) >= 11 is 0. The number of allylic oxidation sites excluding steroid dienone is 5. The lowest BCUT2D eigenvalue weighted by Crippen LogP contribution is -2.44. The average molecular weight is 586 g/mol. The lowest BCUT2D eigenvalue weighted by atomic mass is 9.63. The van der Waals surface area contributed by atoms with E-state index in [0.717, 1.165) is 50.5 Å². The van der Waals surface area contributed by atoms with Gasteiger partial charge in [-0.05, 0) is 71.6 Å². The topological polar surface area (TPSA) is 65.7 Å². The fourth-order valence-electron chi connectivity index (χ4n) is 6.99. The molecular weight excluding hydrogens is 538 g/mol. The van der Waals surface area contributed by atoms with E-state index < -0.39 is 22.0 Å². The Balaban J connectivity index is 0.000000295. The fourth-order valence-corrected chi connectivity index (χ4v) is 6.99. The summed E-state index contributed by atoms with van der Waals surface area (Å²) in [6.07, 6.45) is 22.7. The Morgan fingerprint density at radius 2 is 1.30 bits per heavy atom. The van der Waals surface area contributed by atoms with Crippen LogP contribution in [0.4, 0.5) is 0 Å². The summed E-state index contributed by atoms with van der Waals surface area (Å²) < 4.78 is 10.7. The van der Waals surface area contributed by atoms with E-state index in [0.29, 0.717) is 50.9 Å². The lowest BCUT2D eigenvalue weighted by molar-refractivity contribution is -0.154. The zero-order valence-corrected chi connectivity index (χ0v) is 25.1. The highest BCUT2D eigenvalue weighted by Crippen LogP contribution is 2.53. The Morgan fingerprint density at radius 3 is 1.79 bits per heavy atom. The maximum atomic E-state index is 12.8. The predicted molar refractivity (Wildman–Crippen MR) is 170 cm³/mol. The van der Waals surface area contributed by atoms with E-state index in [2.05, 4.69) is 39.3 Å². The second-order valence-corrected chi connectivity index (χ2v) is 11.4. The van der Waals surface area contributed by atoms with Gasteiger partial charge < -0.3 is 14.3 Å². The van der Waals surface area contributed by atoms with Crippen LogP contribution in [0, 0.1) is 30.5 Å². The van der Waals surface area contributed by atoms with Gasteiger partial charge in [-0.3, -0.25) is 9.59 Å². The molecule has 0 heterocycles. The van der Waals surface area contributed by atoms with E-state index in [1.807, 2.05) is 31.2 Å². The summed E-state index contributed by atoms with van der Waals surface area (Å²) in [5, 5.41) is 0. The standard InChI is InChI=1S/C19H25NO2.C16H18N2O2.CH4/c1-4-6-14-19(20-3)15-10-9-13-18(17(21)22-5-2)12-8-7-11-16(18)19;1-4-20-14(19)15-10-6-5-9-13(15)16(17-2,18-3)12-8-7-11-15;/h4,9-11H,1,5-8,12-15H2,2H3;7-9H,4-6,10-12H2,1H3;1H4. The third kappa shape index (κ3) is 6.70. The minimum atomic E-state index is -1.26. The molecule has 0 aromatic carbocycles. The SMILES string of the molecule is C.[C-]#[N+]C1(CCC=C)CC=CCC2(C(=O)OCC)CCCC=C12.[C-]#[N+]C1([N+]#[C-])CC=CCC2(C(=O)OCC)CCCC=C12. The maximum Gasteiger partial charge on any atom is 0.510 e. The number of hydrogen-bond acceptors (Lipinski definition) is 4. The van der Waals surface area contributed by atoms with Crippen LogP contribution in [0.15, 0.2) is 60.3 Å². The summed E-state index contributed by atoms with van der Waals surface area (Å²) in [5.41, 5.74) is -1.64. The van der Waals surface area contributed by atoms with Crippen molar-refractivity contribution in [2.45, 2.75) is 110 Å². The quantitative estimate of drug-likeness (QED) is 0.170. The first-order valence-electron chi connectivity index (χ1n) is 15.1. The van der Waals surface area contributed by atoms with Crippen molar-refractivity contribution in [3.8, 4) is 0 Å². The van der Waals surface area contributed by atoms with Gasteiger partial charge in [0.25, 0.3) is 5.54 Å². The smallest absolute Gasteiger partial charge is 0.465 e. The summed E-state index contributed by atoms with van der Waals surface area (Å²) in [4.78, 5) is 36.5. The molecule has 0 amide bonds. The molecule has 230 valence electrons. The van der Waals surface area contributed by atoms with Gasteiger partial charge in [0, 0.05) is 18.4 Å². The van der Waals surface area contributed by atoms with Gasteiger partial charge in [0.2, 0.25) is 0 Å². The van der Waals surface area contributed by atoms with Gasteiger partial charge in [0.1, 0.15) is 22.8 Å². The fraction of sp³-hybridized carbons (Fsp3) is 0.583. The van der Waals surface area contributed by atoms with Crippen molar-refractivity contribution in [2.24, 2.45) is 10.8 Å². The Labute approximate surface area is 258 Å². The monoisotopic (exact) mass is 585 g/mol. The van der Waals surface area contributed by atoms with Crippen LogP contribution in [0.2, 0.25) is 0 Å². The number of esters is 2. The molecule has 0 fully saturated rings. The second kappa shape index (κ2) is 15.5. The van der Waals surface area contributed by atoms with E-state index in [-0.39, 0.29) is 19.4 Å². The van der Waals surface area contributed by atoms with E-state index >= 15 is 0 Å². The molecule has 3 atom stereocenters. The zero-order valence-electron chi connectivity index (χ0n) is 25.1. The molecule has 0 spiro atoms. The van der Waals surface area contributed by atoms with Crippen molar-refractivity contribution < 1.29 is 19.1 Å². The number of ether oxygens (including phenoxy) is 2. The van der Waals surface area contributed by atoms with Crippen molar-refractivity contribution >= 4 is 11.9 Å². The normalized spacial score (nSPS) is 28.3. The number of fused-ring (bicyclic) bond motifs is 2. The molecule has 4 aliphatic rings. The van der Waals surface area contributed by atoms with Gasteiger partial charge >= 0.3 is 17.6 Å². The van der Waals surface area contributed by atoms with E-state index in [1.165, 1.54) is 0 Å². The first-order chi connectivity index (χ1) is 20.3. The number of carbonyl (C=O) groups excluding carboxylic acids is 2. The molecule has 7 heteroatoms. The number of carbonyl (C=O) groups is 2. The summed E-state index contributed by atoms with van der Waals surface area (Å²) in [5.74, 6) is -0.437. The molecule has 0 radical (unpaired) electrons. The van der Waals surface area contributed by atoms with Crippen LogP contribution in [-0.4, -0.2) is 36.4 Å². The van der Waals surface area contributed by atoms with E-state index in [4.69, 9.17) is 29.2 Å². The molecule has 7 nitrogen and oxygen atoms in total. The van der Waals surface area contributed by atoms with Crippen LogP contribution >= 0.6 is 0 Å². The highest BCUT2D eigenvalue weighted by Gasteiger charge is 2.61. The van der Waals surface area contributed by atoms with E-state index in [9.17, 15) is 9.59 Å². The van der Waals surface area contributed by atoms with Gasteiger partial charge in [-0.1, -0.05) is 50.0 Å². The number of hydrogen-bond donors (Lipinski definition) is 0. The van der Waals surface area contributed by atoms with Crippen LogP contribution in [-0.2, 0) is 19.1 Å². The summed E-state index contributed by atoms with van der Waals surface area (Å²) in [6, 6.07) is 0. The number of nitrogens with zero attached hydrogens (tertiary/aromatic N) is 3. The largest absolute Gasteiger partial charge is 0.510 e. The molecule has 0 bridgehead atoms. The molecule has 0 saturated heterocycles. The summed E-state index contributed by atoms with van der Waals surface area (Å²) in [6.45, 7) is 30.9. The lowest BCUT2D eigenvalue weighted by Gasteiger charge is -2.39. The molecule has 3 unspecified atom stereocenters. The second-order valence-electron chi connectivity index (χ2n) is 11.4. The first-order valence-corrected chi connectivity index (χ1v) is 15.1. The molecule has 0 aromatic heterocycles. The molecule has 43 heavy (non-hydrogen) atoms. The van der Waals surface area contributed by atoms with Crippen LogP contribution in [0.5, 0.6) is 0 Å². The summed E-state index contributed by atoms with van der Waals surface area (Å²) in [7, 11) is 0. The van der Waals surface area contributed by atoms with Crippen molar-refractivity contribution in [1.82, 2.24) is 0 Å². The van der Waals surface area contributed by atoms with Crippen LogP contribution in [0.3, 0.4) is 0 Å². The van der Waals surface area contributed by atoms with Gasteiger partial charge in [-0.2, -0.15) is 0 Å². The van der Waals surface area contributed by atoms with Gasteiger partial charge in [0.05, 0.1) is 13.2 Å². The van der Waals surface area contributed by atoms with Gasteiger partial charge in [0.15, 0.2) is 0 Å². The van der Waals surface area contributed by atoms with Crippen LogP contribution < -0.4 is 0 Å². The zero-order chi connectivity index (χ0) is 30.7. The number of rotatable bonds is 7. The molecule has 0 saturated carbocycles. The van der Waals surface area contributed by atoms with Gasteiger partial charge in [-0.15, -0.1) is 6.58 Å². The van der Waals surface area contributed by atoms with E-state index in [1.54, 1.807) is 6.92 Å². The Hall–Kier alpha value is -3.89. The minimum Gasteiger partial charge on any atom is -0.465 e. The third-order valence-corrected chi connectivity index (χ3v) is 9.08. The molecule has 0 aliphatic heterocycles. The minimum absolute atomic E-state index is 0. The van der Waals surface area contributed by atoms with Crippen molar-refractivity contribution in [3.05, 3.63) is 94.5 Å². The van der Waals surface area contributed by atoms with Gasteiger partial charge in [-0.25, -0.2) is 29.4 Å². The Kier molecular flexibility index (Phi) is 12.8.